The van der Waals surface area contributed by atoms with Crippen molar-refractivity contribution in [2.75, 3.05) is 26.4 Å². The van der Waals surface area contributed by atoms with Crippen LogP contribution >= 0.6 is 15.9 Å². The first-order valence-corrected chi connectivity index (χ1v) is 9.92. The maximum Gasteiger partial charge on any atom is 0.500 e. The monoisotopic (exact) mass is 369 g/mol. The summed E-state index contributed by atoms with van der Waals surface area (Å²) in [4.78, 5) is 11.7. The summed E-state index contributed by atoms with van der Waals surface area (Å²) in [6.45, 7) is 11.8. The maximum absolute atomic E-state index is 11.7. The van der Waals surface area contributed by atoms with Crippen molar-refractivity contribution in [1.82, 2.24) is 5.32 Å². The highest BCUT2D eigenvalue weighted by Gasteiger charge is 2.39. The topological polar surface area (TPSA) is 56.8 Å². The van der Waals surface area contributed by atoms with Crippen molar-refractivity contribution >= 4 is 30.6 Å². The Morgan fingerprint density at radius 3 is 1.90 bits per heavy atom. The molecule has 0 spiro atoms. The normalized spacial score (nSPS) is 12.5. The van der Waals surface area contributed by atoms with E-state index in [4.69, 9.17) is 13.3 Å². The van der Waals surface area contributed by atoms with Gasteiger partial charge in [-0.3, -0.25) is 4.79 Å². The van der Waals surface area contributed by atoms with E-state index in [1.165, 1.54) is 0 Å². The number of halogens is 1. The third kappa shape index (κ3) is 7.73. The van der Waals surface area contributed by atoms with Gasteiger partial charge in [0.25, 0.3) is 0 Å². The predicted molar refractivity (Wildman–Crippen MR) is 86.1 cm³/mol. The summed E-state index contributed by atoms with van der Waals surface area (Å²) in [5, 5.41) is 2.89. The fourth-order valence-corrected chi connectivity index (χ4v) is 4.47. The smallest absolute Gasteiger partial charge is 0.374 e. The highest BCUT2D eigenvalue weighted by Crippen LogP contribution is 2.18. The zero-order valence-electron chi connectivity index (χ0n) is 13.3. The van der Waals surface area contributed by atoms with E-state index >= 15 is 0 Å². The van der Waals surface area contributed by atoms with E-state index in [1.54, 1.807) is 0 Å². The van der Waals surface area contributed by atoms with Crippen LogP contribution in [-0.2, 0) is 18.1 Å². The van der Waals surface area contributed by atoms with Crippen LogP contribution in [0, 0.1) is 0 Å². The molecule has 0 aromatic heterocycles. The van der Waals surface area contributed by atoms with Gasteiger partial charge in [0.2, 0.25) is 5.91 Å². The van der Waals surface area contributed by atoms with E-state index < -0.39 is 13.1 Å². The van der Waals surface area contributed by atoms with Gasteiger partial charge in [-0.1, -0.05) is 15.9 Å². The first-order valence-electron chi connectivity index (χ1n) is 7.20. The number of nitrogens with one attached hydrogen (secondary N) is 1. The van der Waals surface area contributed by atoms with Crippen LogP contribution in [0.1, 0.15) is 41.0 Å². The molecule has 1 amide bonds. The third-order valence-electron chi connectivity index (χ3n) is 2.58. The molecule has 0 atom stereocenters. The molecular formula is C13H28BrNO4Si. The van der Waals surface area contributed by atoms with E-state index in [1.807, 2.05) is 34.6 Å². The molecule has 0 saturated heterocycles. The zero-order valence-corrected chi connectivity index (χ0v) is 15.8. The van der Waals surface area contributed by atoms with E-state index in [9.17, 15) is 4.79 Å². The van der Waals surface area contributed by atoms with Crippen molar-refractivity contribution in [2.45, 2.75) is 51.4 Å². The van der Waals surface area contributed by atoms with Crippen LogP contribution in [0.25, 0.3) is 0 Å². The van der Waals surface area contributed by atoms with E-state index in [0.717, 1.165) is 6.42 Å². The summed E-state index contributed by atoms with van der Waals surface area (Å²) in [5.41, 5.74) is 0. The molecule has 0 heterocycles. The lowest BCUT2D eigenvalue weighted by Gasteiger charge is -2.28. The molecule has 0 fully saturated rings. The van der Waals surface area contributed by atoms with Crippen molar-refractivity contribution in [3.8, 4) is 0 Å². The van der Waals surface area contributed by atoms with Crippen LogP contribution in [0.5, 0.6) is 0 Å². The first kappa shape index (κ1) is 20.0. The Bertz CT molecular complexity index is 267. The first-order chi connectivity index (χ1) is 9.31. The summed E-state index contributed by atoms with van der Waals surface area (Å²) in [6.07, 6.45) is 0.779. The quantitative estimate of drug-likeness (QED) is 0.345. The molecule has 1 N–H and O–H groups in total. The highest BCUT2D eigenvalue weighted by molar-refractivity contribution is 9.10. The van der Waals surface area contributed by atoms with E-state index in [0.29, 0.717) is 32.4 Å². The molecule has 0 aliphatic rings. The number of rotatable bonds is 11. The van der Waals surface area contributed by atoms with Gasteiger partial charge in [0.1, 0.15) is 0 Å². The molecule has 0 aromatic carbocycles. The summed E-state index contributed by atoms with van der Waals surface area (Å²) in [5.74, 6) is -0.0194. The molecule has 0 unspecified atom stereocenters. The highest BCUT2D eigenvalue weighted by atomic mass is 79.9. The molecule has 0 aromatic rings. The second-order valence-corrected chi connectivity index (χ2v) is 9.53. The summed E-state index contributed by atoms with van der Waals surface area (Å²) in [7, 11) is -2.58. The van der Waals surface area contributed by atoms with Gasteiger partial charge in [0.15, 0.2) is 0 Å². The zero-order chi connectivity index (χ0) is 15.6. The number of amides is 1. The summed E-state index contributed by atoms with van der Waals surface area (Å²) >= 11 is 3.33. The molecule has 0 bridgehead atoms. The molecule has 7 heteroatoms. The Balaban J connectivity index is 4.29. The van der Waals surface area contributed by atoms with Gasteiger partial charge in [-0.25, -0.2) is 0 Å². The van der Waals surface area contributed by atoms with Gasteiger partial charge in [0, 0.05) is 32.4 Å². The lowest BCUT2D eigenvalue weighted by Crippen LogP contribution is -2.46. The molecule has 0 rings (SSSR count). The minimum Gasteiger partial charge on any atom is -0.374 e. The van der Waals surface area contributed by atoms with Crippen LogP contribution < -0.4 is 5.32 Å². The number of carbonyl (C=O) groups excluding carboxylic acids is 1. The Labute approximate surface area is 132 Å². The molecule has 20 heavy (non-hydrogen) atoms. The van der Waals surface area contributed by atoms with Crippen LogP contribution in [-0.4, -0.2) is 45.4 Å². The molecule has 120 valence electrons. The number of hydrogen-bond donors (Lipinski definition) is 1. The van der Waals surface area contributed by atoms with E-state index in [2.05, 4.69) is 21.2 Å². The molecule has 5 nitrogen and oxygen atoms in total. The van der Waals surface area contributed by atoms with Gasteiger partial charge in [0.05, 0.1) is 4.32 Å². The van der Waals surface area contributed by atoms with Crippen LogP contribution in [0.2, 0.25) is 6.04 Å². The summed E-state index contributed by atoms with van der Waals surface area (Å²) in [6, 6.07) is 0.714. The molecular weight excluding hydrogens is 342 g/mol. The van der Waals surface area contributed by atoms with Crippen molar-refractivity contribution in [2.24, 2.45) is 0 Å². The Hall–Kier alpha value is 0.0469. The SMILES string of the molecule is CCO[Si](CCCNC(=O)C(C)(C)Br)(OCC)OCC. The molecule has 0 radical (unpaired) electrons. The lowest BCUT2D eigenvalue weighted by atomic mass is 10.2. The Morgan fingerprint density at radius 1 is 1.10 bits per heavy atom. The van der Waals surface area contributed by atoms with Crippen LogP contribution in [0.15, 0.2) is 0 Å². The molecule has 0 aliphatic heterocycles. The van der Waals surface area contributed by atoms with Gasteiger partial charge >= 0.3 is 8.80 Å². The average molecular weight is 370 g/mol. The number of alkyl halides is 1. The fraction of sp³-hybridized carbons (Fsp3) is 0.923. The largest absolute Gasteiger partial charge is 0.500 e. The standard InChI is InChI=1S/C13H28BrNO4Si/c1-6-17-20(18-7-2,19-8-3)11-9-10-15-12(16)13(4,5)14/h6-11H2,1-5H3,(H,15,16). The Kier molecular flexibility index (Phi) is 9.91. The van der Waals surface area contributed by atoms with Crippen LogP contribution in [0.4, 0.5) is 0 Å². The van der Waals surface area contributed by atoms with Crippen molar-refractivity contribution in [3.63, 3.8) is 0 Å². The van der Waals surface area contributed by atoms with Crippen molar-refractivity contribution in [1.29, 1.82) is 0 Å². The van der Waals surface area contributed by atoms with Gasteiger partial charge in [-0.05, 0) is 41.0 Å². The van der Waals surface area contributed by atoms with Gasteiger partial charge in [-0.15, -0.1) is 0 Å². The van der Waals surface area contributed by atoms with Crippen molar-refractivity contribution in [3.05, 3.63) is 0 Å². The number of hydrogen-bond acceptors (Lipinski definition) is 4. The number of carbonyl (C=O) groups is 1. The minimum absolute atomic E-state index is 0.0194. The minimum atomic E-state index is -2.58. The lowest BCUT2D eigenvalue weighted by molar-refractivity contribution is -0.122. The van der Waals surface area contributed by atoms with Crippen LogP contribution in [0.3, 0.4) is 0 Å². The molecule has 0 aliphatic carbocycles. The maximum atomic E-state index is 11.7. The summed E-state index contributed by atoms with van der Waals surface area (Å²) < 4.78 is 16.7. The van der Waals surface area contributed by atoms with Crippen molar-refractivity contribution < 1.29 is 18.1 Å². The molecule has 0 saturated carbocycles. The average Bonchev–Trinajstić information content (AvgIpc) is 2.34. The third-order valence-corrected chi connectivity index (χ3v) is 6.09. The van der Waals surface area contributed by atoms with E-state index in [-0.39, 0.29) is 5.91 Å². The second-order valence-electron chi connectivity index (χ2n) is 4.81. The fourth-order valence-electron chi connectivity index (χ4n) is 1.72. The van der Waals surface area contributed by atoms with Gasteiger partial charge < -0.3 is 18.6 Å². The van der Waals surface area contributed by atoms with Gasteiger partial charge in [-0.2, -0.15) is 0 Å². The second kappa shape index (κ2) is 9.89. The predicted octanol–water partition coefficient (Wildman–Crippen LogP) is 2.71. The Morgan fingerprint density at radius 2 is 1.55 bits per heavy atom.